The number of carbonyl (C=O) groups is 1. The first-order chi connectivity index (χ1) is 11.0. The number of rotatable bonds is 6. The van der Waals surface area contributed by atoms with E-state index < -0.39 is 0 Å². The molecule has 1 heterocycles. The summed E-state index contributed by atoms with van der Waals surface area (Å²) in [6, 6.07) is 10.00. The van der Waals surface area contributed by atoms with Gasteiger partial charge in [0.1, 0.15) is 11.5 Å². The lowest BCUT2D eigenvalue weighted by molar-refractivity contribution is 0.0725. The van der Waals surface area contributed by atoms with Gasteiger partial charge in [-0.25, -0.2) is 0 Å². The van der Waals surface area contributed by atoms with Crippen molar-refractivity contribution in [3.63, 3.8) is 0 Å². The third-order valence-electron chi connectivity index (χ3n) is 3.29. The number of hydrogen-bond donors (Lipinski definition) is 0. The summed E-state index contributed by atoms with van der Waals surface area (Å²) < 4.78 is 10.7. The van der Waals surface area contributed by atoms with Crippen molar-refractivity contribution in [1.29, 1.82) is 0 Å². The van der Waals surface area contributed by atoms with E-state index in [-0.39, 0.29) is 17.1 Å². The fourth-order valence-corrected chi connectivity index (χ4v) is 2.28. The Morgan fingerprint density at radius 1 is 1.35 bits per heavy atom. The highest BCUT2D eigenvalue weighted by atomic mass is 16.5. The number of methoxy groups -OCH3 is 1. The van der Waals surface area contributed by atoms with Gasteiger partial charge >= 0.3 is 0 Å². The van der Waals surface area contributed by atoms with Gasteiger partial charge in [-0.05, 0) is 13.0 Å². The molecule has 5 heteroatoms. The smallest absolute Gasteiger partial charge is 0.290 e. The molecule has 0 saturated carbocycles. The second-order valence-electron chi connectivity index (χ2n) is 5.05. The van der Waals surface area contributed by atoms with Crippen molar-refractivity contribution in [3.8, 4) is 5.75 Å². The molecule has 0 N–H and O–H groups in total. The summed E-state index contributed by atoms with van der Waals surface area (Å²) in [5.41, 5.74) is 0.605. The number of hydrogen-bond acceptors (Lipinski definition) is 4. The van der Waals surface area contributed by atoms with Gasteiger partial charge in [0.25, 0.3) is 5.91 Å². The molecule has 23 heavy (non-hydrogen) atoms. The average Bonchev–Trinajstić information content (AvgIpc) is 2.53. The molecular formula is C18H19NO4. The van der Waals surface area contributed by atoms with Gasteiger partial charge in [0.2, 0.25) is 0 Å². The summed E-state index contributed by atoms with van der Waals surface area (Å²) in [5.74, 6) is 0.750. The summed E-state index contributed by atoms with van der Waals surface area (Å²) in [6.45, 7) is 5.97. The maximum Gasteiger partial charge on any atom is 0.290 e. The molecule has 0 unspecified atom stereocenters. The number of ether oxygens (including phenoxy) is 1. The highest BCUT2D eigenvalue weighted by Gasteiger charge is 2.19. The number of nitrogens with zero attached hydrogens (tertiary/aromatic N) is 1. The molecule has 2 rings (SSSR count). The summed E-state index contributed by atoms with van der Waals surface area (Å²) in [5, 5.41) is 0. The molecule has 0 radical (unpaired) electrons. The molecule has 0 bridgehead atoms. The summed E-state index contributed by atoms with van der Waals surface area (Å²) in [7, 11) is 1.58. The Balaban J connectivity index is 2.32. The van der Waals surface area contributed by atoms with Crippen LogP contribution in [0, 0.1) is 6.92 Å². The van der Waals surface area contributed by atoms with E-state index in [0.717, 1.165) is 5.56 Å². The lowest BCUT2D eigenvalue weighted by Gasteiger charge is -2.21. The molecule has 0 spiro atoms. The second kappa shape index (κ2) is 7.45. The van der Waals surface area contributed by atoms with Gasteiger partial charge in [0, 0.05) is 24.2 Å². The summed E-state index contributed by atoms with van der Waals surface area (Å²) >= 11 is 0. The number of aryl methyl sites for hydroxylation is 1. The van der Waals surface area contributed by atoms with E-state index in [1.165, 1.54) is 12.1 Å². The first kappa shape index (κ1) is 16.5. The maximum absolute atomic E-state index is 12.6. The topological polar surface area (TPSA) is 59.8 Å². The van der Waals surface area contributed by atoms with Crippen molar-refractivity contribution in [1.82, 2.24) is 4.90 Å². The lowest BCUT2D eigenvalue weighted by Crippen LogP contribution is -2.31. The minimum Gasteiger partial charge on any atom is -0.496 e. The van der Waals surface area contributed by atoms with Gasteiger partial charge in [0.15, 0.2) is 11.2 Å². The van der Waals surface area contributed by atoms with E-state index in [9.17, 15) is 9.59 Å². The quantitative estimate of drug-likeness (QED) is 0.769. The number of para-hydroxylation sites is 1. The zero-order valence-electron chi connectivity index (χ0n) is 13.2. The molecule has 0 aliphatic heterocycles. The first-order valence-corrected chi connectivity index (χ1v) is 7.19. The predicted octanol–water partition coefficient (Wildman–Crippen LogP) is 2.79. The van der Waals surface area contributed by atoms with Crippen molar-refractivity contribution < 1.29 is 13.9 Å². The lowest BCUT2D eigenvalue weighted by atomic mass is 10.1. The van der Waals surface area contributed by atoms with Crippen LogP contribution in [0.2, 0.25) is 0 Å². The highest BCUT2D eigenvalue weighted by molar-refractivity contribution is 5.91. The Morgan fingerprint density at radius 2 is 2.09 bits per heavy atom. The first-order valence-electron chi connectivity index (χ1n) is 7.19. The average molecular weight is 313 g/mol. The van der Waals surface area contributed by atoms with Gasteiger partial charge in [0.05, 0.1) is 13.7 Å². The van der Waals surface area contributed by atoms with Gasteiger partial charge in [-0.1, -0.05) is 24.3 Å². The largest absolute Gasteiger partial charge is 0.496 e. The van der Waals surface area contributed by atoms with Crippen molar-refractivity contribution in [2.45, 2.75) is 13.5 Å². The zero-order valence-corrected chi connectivity index (χ0v) is 13.2. The molecule has 120 valence electrons. The Hall–Kier alpha value is -2.82. The molecule has 5 nitrogen and oxygen atoms in total. The molecule has 1 aromatic carbocycles. The van der Waals surface area contributed by atoms with Crippen molar-refractivity contribution in [3.05, 3.63) is 76.4 Å². The molecule has 0 saturated heterocycles. The van der Waals surface area contributed by atoms with E-state index in [1.54, 1.807) is 25.0 Å². The molecule has 0 aliphatic rings. The maximum atomic E-state index is 12.6. The van der Waals surface area contributed by atoms with Crippen LogP contribution in [0.25, 0.3) is 0 Å². The Labute approximate surface area is 134 Å². The molecular weight excluding hydrogens is 294 g/mol. The fourth-order valence-electron chi connectivity index (χ4n) is 2.28. The van der Waals surface area contributed by atoms with Crippen molar-refractivity contribution in [2.24, 2.45) is 0 Å². The van der Waals surface area contributed by atoms with E-state index in [0.29, 0.717) is 24.6 Å². The van der Waals surface area contributed by atoms with Gasteiger partial charge < -0.3 is 14.1 Å². The standard InChI is InChI=1S/C18H19NO4/c1-4-9-19(12-14-7-5-6-8-16(14)22-3)18(21)17-11-15(20)10-13(2)23-17/h4-8,10-11H,1,9,12H2,2-3H3. The van der Waals surface area contributed by atoms with Gasteiger partial charge in [-0.3, -0.25) is 9.59 Å². The van der Waals surface area contributed by atoms with Crippen molar-refractivity contribution >= 4 is 5.91 Å². The van der Waals surface area contributed by atoms with E-state index in [2.05, 4.69) is 6.58 Å². The van der Waals surface area contributed by atoms with Crippen molar-refractivity contribution in [2.75, 3.05) is 13.7 Å². The monoisotopic (exact) mass is 313 g/mol. The zero-order chi connectivity index (χ0) is 16.8. The highest BCUT2D eigenvalue weighted by Crippen LogP contribution is 2.20. The number of amides is 1. The fraction of sp³-hybridized carbons (Fsp3) is 0.222. The molecule has 0 fully saturated rings. The summed E-state index contributed by atoms with van der Waals surface area (Å²) in [4.78, 5) is 25.8. The molecule has 0 aliphatic carbocycles. The molecule has 2 aromatic rings. The Kier molecular flexibility index (Phi) is 5.36. The van der Waals surface area contributed by atoms with Crippen LogP contribution >= 0.6 is 0 Å². The van der Waals surface area contributed by atoms with E-state index in [1.807, 2.05) is 24.3 Å². The SMILES string of the molecule is C=CCN(Cc1ccccc1OC)C(=O)c1cc(=O)cc(C)o1. The van der Waals surface area contributed by atoms with Crippen LogP contribution < -0.4 is 10.2 Å². The number of benzene rings is 1. The van der Waals surface area contributed by atoms with Gasteiger partial charge in [-0.15, -0.1) is 6.58 Å². The number of carbonyl (C=O) groups excluding carboxylic acids is 1. The van der Waals surface area contributed by atoms with Crippen LogP contribution in [0.1, 0.15) is 21.9 Å². The van der Waals surface area contributed by atoms with Crippen LogP contribution in [0.5, 0.6) is 5.75 Å². The molecule has 0 atom stereocenters. The van der Waals surface area contributed by atoms with Gasteiger partial charge in [-0.2, -0.15) is 0 Å². The second-order valence-corrected chi connectivity index (χ2v) is 5.05. The van der Waals surface area contributed by atoms with Crippen LogP contribution in [0.3, 0.4) is 0 Å². The normalized spacial score (nSPS) is 10.2. The van der Waals surface area contributed by atoms with Crippen LogP contribution in [-0.4, -0.2) is 24.5 Å². The van der Waals surface area contributed by atoms with Crippen LogP contribution in [0.15, 0.2) is 58.3 Å². The van der Waals surface area contributed by atoms with E-state index >= 15 is 0 Å². The molecule has 1 amide bonds. The van der Waals surface area contributed by atoms with E-state index in [4.69, 9.17) is 9.15 Å². The third kappa shape index (κ3) is 4.10. The minimum atomic E-state index is -0.364. The summed E-state index contributed by atoms with van der Waals surface area (Å²) in [6.07, 6.45) is 1.63. The molecule has 1 aromatic heterocycles. The third-order valence-corrected chi connectivity index (χ3v) is 3.29. The van der Waals surface area contributed by atoms with Crippen LogP contribution in [-0.2, 0) is 6.54 Å². The Bertz CT molecular complexity index is 764. The predicted molar refractivity (Wildman–Crippen MR) is 87.6 cm³/mol. The van der Waals surface area contributed by atoms with Crippen LogP contribution in [0.4, 0.5) is 0 Å². The minimum absolute atomic E-state index is 0.0201. The Morgan fingerprint density at radius 3 is 2.74 bits per heavy atom.